The molecule has 22 heavy (non-hydrogen) atoms. The predicted octanol–water partition coefficient (Wildman–Crippen LogP) is 2.30. The van der Waals surface area contributed by atoms with Crippen molar-refractivity contribution in [3.05, 3.63) is 5.21 Å². The first-order valence-electron chi connectivity index (χ1n) is 7.75. The van der Waals surface area contributed by atoms with Crippen LogP contribution in [0, 0.1) is 17.0 Å². The van der Waals surface area contributed by atoms with E-state index >= 15 is 0 Å². The maximum atomic E-state index is 13.6. The lowest BCUT2D eigenvalue weighted by atomic mass is 9.70. The third kappa shape index (κ3) is 2.46. The van der Waals surface area contributed by atoms with Crippen molar-refractivity contribution in [3.63, 3.8) is 0 Å². The molecule has 0 spiro atoms. The number of morpholine rings is 1. The molecule has 2 heterocycles. The smallest absolute Gasteiger partial charge is 0.381 e. The van der Waals surface area contributed by atoms with Gasteiger partial charge in [-0.2, -0.15) is 13.2 Å². The second-order valence-electron chi connectivity index (χ2n) is 6.31. The van der Waals surface area contributed by atoms with Gasteiger partial charge in [0.15, 0.2) is 0 Å². The Labute approximate surface area is 127 Å². The van der Waals surface area contributed by atoms with Crippen LogP contribution in [0.3, 0.4) is 0 Å². The van der Waals surface area contributed by atoms with Crippen molar-refractivity contribution in [2.24, 2.45) is 11.8 Å². The number of hydrogen-bond acceptors (Lipinski definition) is 4. The quantitative estimate of drug-likeness (QED) is 0.695. The Morgan fingerprint density at radius 2 is 1.95 bits per heavy atom. The number of halogens is 3. The lowest BCUT2D eigenvalue weighted by molar-refractivity contribution is -0.789. The van der Waals surface area contributed by atoms with E-state index in [1.165, 1.54) is 6.92 Å². The van der Waals surface area contributed by atoms with Gasteiger partial charge in [0.2, 0.25) is 5.71 Å². The van der Waals surface area contributed by atoms with Crippen molar-refractivity contribution in [2.75, 3.05) is 26.3 Å². The van der Waals surface area contributed by atoms with Crippen LogP contribution in [0.5, 0.6) is 0 Å². The average molecular weight is 322 g/mol. The van der Waals surface area contributed by atoms with Crippen molar-refractivity contribution < 1.29 is 27.6 Å². The molecule has 3 atom stereocenters. The first kappa shape index (κ1) is 15.9. The summed E-state index contributed by atoms with van der Waals surface area (Å²) in [6.07, 6.45) is -2.05. The second kappa shape index (κ2) is 5.56. The topological polar surface area (TPSA) is 47.8 Å². The highest BCUT2D eigenvalue weighted by atomic mass is 19.4. The Balaban J connectivity index is 2.02. The Bertz CT molecular complexity index is 463. The molecule has 1 saturated heterocycles. The van der Waals surface area contributed by atoms with Crippen LogP contribution in [0.1, 0.15) is 32.6 Å². The van der Waals surface area contributed by atoms with Crippen molar-refractivity contribution in [1.82, 2.24) is 4.90 Å². The molecule has 0 aromatic rings. The van der Waals surface area contributed by atoms with Crippen LogP contribution in [0.15, 0.2) is 0 Å². The molecule has 0 radical (unpaired) electrons. The Morgan fingerprint density at radius 1 is 1.27 bits per heavy atom. The zero-order chi connectivity index (χ0) is 16.0. The van der Waals surface area contributed by atoms with E-state index in [-0.39, 0.29) is 10.6 Å². The minimum Gasteiger partial charge on any atom is -0.381 e. The molecule has 0 N–H and O–H groups in total. The predicted molar refractivity (Wildman–Crippen MR) is 72.0 cm³/mol. The maximum absolute atomic E-state index is 13.6. The zero-order valence-electron chi connectivity index (χ0n) is 12.6. The van der Waals surface area contributed by atoms with Gasteiger partial charge in [-0.15, -0.1) is 0 Å². The van der Waals surface area contributed by atoms with E-state index in [0.29, 0.717) is 39.1 Å². The van der Waals surface area contributed by atoms with Crippen molar-refractivity contribution >= 4 is 5.71 Å². The molecule has 0 aromatic carbocycles. The average Bonchev–Trinajstić information content (AvgIpc) is 2.48. The highest BCUT2D eigenvalue weighted by Gasteiger charge is 2.62. The van der Waals surface area contributed by atoms with Gasteiger partial charge in [0.1, 0.15) is 11.6 Å². The largest absolute Gasteiger partial charge is 0.401 e. The molecule has 2 aliphatic heterocycles. The number of fused-ring (bicyclic) bond motifs is 1. The summed E-state index contributed by atoms with van der Waals surface area (Å²) in [5.41, 5.74) is -1.44. The molecular formula is C14H21F3N2O3. The number of nitrogens with zero attached hydrogens (tertiary/aromatic N) is 2. The molecular weight excluding hydrogens is 301 g/mol. The van der Waals surface area contributed by atoms with Gasteiger partial charge in [0, 0.05) is 30.8 Å². The molecule has 3 rings (SSSR count). The summed E-state index contributed by atoms with van der Waals surface area (Å²) in [7, 11) is 0. The van der Waals surface area contributed by atoms with Gasteiger partial charge in [-0.05, 0) is 12.8 Å². The molecule has 8 heteroatoms. The summed E-state index contributed by atoms with van der Waals surface area (Å²) in [6.45, 7) is 3.12. The Hall–Kier alpha value is -1.02. The Morgan fingerprint density at radius 3 is 2.59 bits per heavy atom. The molecule has 126 valence electrons. The molecule has 0 aromatic heterocycles. The van der Waals surface area contributed by atoms with E-state index in [1.54, 1.807) is 0 Å². The highest BCUT2D eigenvalue weighted by Crippen LogP contribution is 2.50. The van der Waals surface area contributed by atoms with E-state index in [9.17, 15) is 18.4 Å². The van der Waals surface area contributed by atoms with Gasteiger partial charge in [0.25, 0.3) is 0 Å². The fraction of sp³-hybridized carbons (Fsp3) is 0.929. The third-order valence-electron chi connectivity index (χ3n) is 5.16. The summed E-state index contributed by atoms with van der Waals surface area (Å²) < 4.78 is 46.1. The molecule has 1 aliphatic carbocycles. The van der Waals surface area contributed by atoms with Crippen molar-refractivity contribution in [3.8, 4) is 0 Å². The van der Waals surface area contributed by atoms with Gasteiger partial charge in [-0.1, -0.05) is 12.8 Å². The highest BCUT2D eigenvalue weighted by molar-refractivity contribution is 5.81. The molecule has 0 amide bonds. The summed E-state index contributed by atoms with van der Waals surface area (Å²) in [6, 6.07) is 0. The molecule has 0 unspecified atom stereocenters. The summed E-state index contributed by atoms with van der Waals surface area (Å²) >= 11 is 0. The first-order chi connectivity index (χ1) is 10.4. The lowest BCUT2D eigenvalue weighted by Crippen LogP contribution is -2.67. The SMILES string of the molecule is CC1=[N+]([O-])O[C@]2(N3CCOCC3)CCCC[C@@H]2[C@H]1C(F)(F)F. The van der Waals surface area contributed by atoms with Gasteiger partial charge in [0.05, 0.1) is 13.2 Å². The van der Waals surface area contributed by atoms with Gasteiger partial charge < -0.3 is 9.57 Å². The monoisotopic (exact) mass is 322 g/mol. The fourth-order valence-electron chi connectivity index (χ4n) is 4.17. The number of ether oxygens (including phenoxy) is 1. The molecule has 1 saturated carbocycles. The zero-order valence-corrected chi connectivity index (χ0v) is 12.6. The number of hydrogen-bond donors (Lipinski definition) is 0. The number of alkyl halides is 3. The molecule has 0 bridgehead atoms. The number of rotatable bonds is 1. The van der Waals surface area contributed by atoms with Crippen molar-refractivity contribution in [2.45, 2.75) is 44.5 Å². The summed E-state index contributed by atoms with van der Waals surface area (Å²) in [5, 5.41) is 12.1. The van der Waals surface area contributed by atoms with Crippen LogP contribution in [0.2, 0.25) is 0 Å². The maximum Gasteiger partial charge on any atom is 0.401 e. The third-order valence-corrected chi connectivity index (χ3v) is 5.16. The van der Waals surface area contributed by atoms with E-state index < -0.39 is 23.7 Å². The summed E-state index contributed by atoms with van der Waals surface area (Å²) in [5.74, 6) is -2.47. The van der Waals surface area contributed by atoms with Crippen LogP contribution in [0.25, 0.3) is 0 Å². The van der Waals surface area contributed by atoms with Gasteiger partial charge in [-0.3, -0.25) is 10.1 Å². The van der Waals surface area contributed by atoms with Gasteiger partial charge >= 0.3 is 6.18 Å². The minimum atomic E-state index is -4.43. The minimum absolute atomic E-state index is 0.107. The Kier molecular flexibility index (Phi) is 4.01. The van der Waals surface area contributed by atoms with E-state index in [1.807, 2.05) is 4.90 Å². The second-order valence-corrected chi connectivity index (χ2v) is 6.31. The van der Waals surface area contributed by atoms with E-state index in [2.05, 4.69) is 0 Å². The first-order valence-corrected chi connectivity index (χ1v) is 7.75. The van der Waals surface area contributed by atoms with Crippen LogP contribution < -0.4 is 0 Å². The van der Waals surface area contributed by atoms with Crippen LogP contribution in [-0.2, 0) is 9.57 Å². The molecule has 5 nitrogen and oxygen atoms in total. The van der Waals surface area contributed by atoms with E-state index in [4.69, 9.17) is 9.57 Å². The van der Waals surface area contributed by atoms with Gasteiger partial charge in [-0.25, -0.2) is 0 Å². The van der Waals surface area contributed by atoms with Crippen LogP contribution >= 0.6 is 0 Å². The van der Waals surface area contributed by atoms with Crippen molar-refractivity contribution in [1.29, 1.82) is 0 Å². The summed E-state index contributed by atoms with van der Waals surface area (Å²) in [4.78, 5) is 7.56. The fourth-order valence-corrected chi connectivity index (χ4v) is 4.17. The normalized spacial score (nSPS) is 37.6. The lowest BCUT2D eigenvalue weighted by Gasteiger charge is -2.56. The molecule has 2 fully saturated rings. The van der Waals surface area contributed by atoms with E-state index in [0.717, 1.165) is 12.8 Å². The van der Waals surface area contributed by atoms with Crippen LogP contribution in [-0.4, -0.2) is 53.7 Å². The van der Waals surface area contributed by atoms with Crippen LogP contribution in [0.4, 0.5) is 13.2 Å². The molecule has 3 aliphatic rings. The standard InChI is InChI=1S/C14H21F3N2O3/c1-10-12(14(15,16)17)11-4-2-3-5-13(11,22-19(10)20)18-6-8-21-9-7-18/h11-12H,2-9H2,1H3/t11-,12+,13-/m1/s1.